The van der Waals surface area contributed by atoms with Crippen LogP contribution >= 0.6 is 11.8 Å². The molecule has 0 atom stereocenters. The second-order valence-corrected chi connectivity index (χ2v) is 6.68. The van der Waals surface area contributed by atoms with E-state index < -0.39 is 5.76 Å². The molecule has 2 rings (SSSR count). The molecule has 0 unspecified atom stereocenters. The Balaban J connectivity index is 1.79. The Hall–Kier alpha value is -1.34. The highest BCUT2D eigenvalue weighted by atomic mass is 32.2. The predicted molar refractivity (Wildman–Crippen MR) is 90.2 cm³/mol. The summed E-state index contributed by atoms with van der Waals surface area (Å²) in [5, 5.41) is 5.68. The van der Waals surface area contributed by atoms with Gasteiger partial charge >= 0.3 is 6.03 Å². The van der Waals surface area contributed by atoms with Gasteiger partial charge in [0.15, 0.2) is 0 Å². The maximum absolute atomic E-state index is 12.4. The number of hydrogen-bond acceptors (Lipinski definition) is 3. The van der Waals surface area contributed by atoms with E-state index in [1.165, 1.54) is 0 Å². The third-order valence-corrected chi connectivity index (χ3v) is 4.48. The SMILES string of the molecule is CCCN1CCC(NC(=O)Nc2cccc(SC(F)F)c2)CC1. The average Bonchev–Trinajstić information content (AvgIpc) is 2.49. The molecule has 23 heavy (non-hydrogen) atoms. The second-order valence-electron chi connectivity index (χ2n) is 5.62. The number of rotatable bonds is 6. The van der Waals surface area contributed by atoms with Crippen molar-refractivity contribution in [2.75, 3.05) is 25.0 Å². The van der Waals surface area contributed by atoms with Crippen molar-refractivity contribution in [2.24, 2.45) is 0 Å². The van der Waals surface area contributed by atoms with Gasteiger partial charge in [0, 0.05) is 29.7 Å². The third kappa shape index (κ3) is 6.35. The molecule has 1 heterocycles. The van der Waals surface area contributed by atoms with Gasteiger partial charge in [-0.2, -0.15) is 8.78 Å². The minimum Gasteiger partial charge on any atom is -0.335 e. The summed E-state index contributed by atoms with van der Waals surface area (Å²) in [5.74, 6) is -2.47. The monoisotopic (exact) mass is 343 g/mol. The predicted octanol–water partition coefficient (Wildman–Crippen LogP) is 4.00. The Morgan fingerprint density at radius 2 is 2.13 bits per heavy atom. The number of halogens is 2. The van der Waals surface area contributed by atoms with Crippen molar-refractivity contribution in [2.45, 2.75) is 42.9 Å². The molecule has 7 heteroatoms. The molecule has 1 saturated heterocycles. The van der Waals surface area contributed by atoms with E-state index in [1.807, 2.05) is 0 Å². The molecule has 1 fully saturated rings. The van der Waals surface area contributed by atoms with Crippen LogP contribution in [0.15, 0.2) is 29.2 Å². The summed E-state index contributed by atoms with van der Waals surface area (Å²) >= 11 is 0.470. The van der Waals surface area contributed by atoms with Gasteiger partial charge in [0.1, 0.15) is 0 Å². The van der Waals surface area contributed by atoms with Crippen LogP contribution in [0.4, 0.5) is 19.3 Å². The number of anilines is 1. The summed E-state index contributed by atoms with van der Waals surface area (Å²) in [6.45, 7) is 5.27. The molecule has 4 nitrogen and oxygen atoms in total. The molecule has 1 aliphatic rings. The maximum atomic E-state index is 12.4. The van der Waals surface area contributed by atoms with Crippen LogP contribution in [0.25, 0.3) is 0 Å². The lowest BCUT2D eigenvalue weighted by Crippen LogP contribution is -2.46. The molecule has 1 aromatic carbocycles. The van der Waals surface area contributed by atoms with Crippen LogP contribution in [-0.2, 0) is 0 Å². The Bertz CT molecular complexity index is 508. The molecule has 0 radical (unpaired) electrons. The lowest BCUT2D eigenvalue weighted by atomic mass is 10.1. The molecule has 0 bridgehead atoms. The molecular formula is C16H23F2N3OS. The Morgan fingerprint density at radius 1 is 1.39 bits per heavy atom. The van der Waals surface area contributed by atoms with Crippen molar-refractivity contribution in [3.8, 4) is 0 Å². The van der Waals surface area contributed by atoms with Crippen LogP contribution in [0.3, 0.4) is 0 Å². The first-order valence-corrected chi connectivity index (χ1v) is 8.79. The third-order valence-electron chi connectivity index (χ3n) is 3.78. The summed E-state index contributed by atoms with van der Waals surface area (Å²) < 4.78 is 24.7. The molecule has 1 aromatic rings. The highest BCUT2D eigenvalue weighted by Crippen LogP contribution is 2.27. The van der Waals surface area contributed by atoms with Gasteiger partial charge in [-0.25, -0.2) is 4.79 Å². The average molecular weight is 343 g/mol. The van der Waals surface area contributed by atoms with E-state index in [-0.39, 0.29) is 12.1 Å². The van der Waals surface area contributed by atoms with Crippen LogP contribution in [0.1, 0.15) is 26.2 Å². The normalized spacial score (nSPS) is 16.5. The van der Waals surface area contributed by atoms with Gasteiger partial charge < -0.3 is 15.5 Å². The Morgan fingerprint density at radius 3 is 2.78 bits per heavy atom. The fourth-order valence-electron chi connectivity index (χ4n) is 2.72. The minimum atomic E-state index is -2.47. The van der Waals surface area contributed by atoms with Crippen LogP contribution in [0.5, 0.6) is 0 Å². The fraction of sp³-hybridized carbons (Fsp3) is 0.562. The Kier molecular flexibility index (Phi) is 7.11. The highest BCUT2D eigenvalue weighted by molar-refractivity contribution is 7.99. The van der Waals surface area contributed by atoms with Crippen molar-refractivity contribution in [3.63, 3.8) is 0 Å². The lowest BCUT2D eigenvalue weighted by molar-refractivity contribution is 0.196. The topological polar surface area (TPSA) is 44.4 Å². The summed E-state index contributed by atoms with van der Waals surface area (Å²) in [4.78, 5) is 14.9. The largest absolute Gasteiger partial charge is 0.335 e. The molecule has 128 valence electrons. The summed E-state index contributed by atoms with van der Waals surface area (Å²) in [5.41, 5.74) is 0.525. The molecule has 0 aliphatic carbocycles. The second kappa shape index (κ2) is 9.08. The van der Waals surface area contributed by atoms with Crippen molar-refractivity contribution < 1.29 is 13.6 Å². The molecule has 0 saturated carbocycles. The number of benzene rings is 1. The molecule has 1 aliphatic heterocycles. The van der Waals surface area contributed by atoms with Gasteiger partial charge in [0.25, 0.3) is 5.76 Å². The number of amides is 2. The number of carbonyl (C=O) groups is 1. The van der Waals surface area contributed by atoms with Crippen LogP contribution in [-0.4, -0.2) is 42.4 Å². The quantitative estimate of drug-likeness (QED) is 0.768. The number of hydrogen-bond donors (Lipinski definition) is 2. The van der Waals surface area contributed by atoms with Gasteiger partial charge in [-0.3, -0.25) is 0 Å². The van der Waals surface area contributed by atoms with Gasteiger partial charge in [-0.1, -0.05) is 24.8 Å². The van der Waals surface area contributed by atoms with E-state index >= 15 is 0 Å². The molecule has 2 amide bonds. The van der Waals surface area contributed by atoms with E-state index in [2.05, 4.69) is 22.5 Å². The number of likely N-dealkylation sites (tertiary alicyclic amines) is 1. The van der Waals surface area contributed by atoms with Crippen molar-refractivity contribution in [1.82, 2.24) is 10.2 Å². The smallest absolute Gasteiger partial charge is 0.319 e. The fourth-order valence-corrected chi connectivity index (χ4v) is 3.28. The standard InChI is InChI=1S/C16H23F2N3OS/c1-2-8-21-9-6-12(7-10-21)19-16(22)20-13-4-3-5-14(11-13)23-15(17)18/h3-5,11-12,15H,2,6-10H2,1H3,(H2,19,20,22). The molecule has 0 aromatic heterocycles. The summed E-state index contributed by atoms with van der Waals surface area (Å²) in [6.07, 6.45) is 3.02. The zero-order chi connectivity index (χ0) is 16.7. The Labute approximate surface area is 140 Å². The number of nitrogens with zero attached hydrogens (tertiary/aromatic N) is 1. The van der Waals surface area contributed by atoms with E-state index in [9.17, 15) is 13.6 Å². The maximum Gasteiger partial charge on any atom is 0.319 e. The zero-order valence-corrected chi connectivity index (χ0v) is 14.0. The van der Waals surface area contributed by atoms with E-state index in [0.717, 1.165) is 38.9 Å². The van der Waals surface area contributed by atoms with E-state index in [4.69, 9.17) is 0 Å². The van der Waals surface area contributed by atoms with E-state index in [1.54, 1.807) is 24.3 Å². The van der Waals surface area contributed by atoms with Crippen LogP contribution < -0.4 is 10.6 Å². The summed E-state index contributed by atoms with van der Waals surface area (Å²) in [7, 11) is 0. The van der Waals surface area contributed by atoms with Crippen molar-refractivity contribution in [1.29, 1.82) is 0 Å². The number of urea groups is 1. The first kappa shape index (κ1) is 18.0. The van der Waals surface area contributed by atoms with Gasteiger partial charge in [-0.15, -0.1) is 0 Å². The molecule has 2 N–H and O–H groups in total. The number of carbonyl (C=O) groups excluding carboxylic acids is 1. The van der Waals surface area contributed by atoms with Gasteiger partial charge in [-0.05, 0) is 44.0 Å². The van der Waals surface area contributed by atoms with E-state index in [0.29, 0.717) is 22.3 Å². The van der Waals surface area contributed by atoms with Crippen LogP contribution in [0.2, 0.25) is 0 Å². The first-order chi connectivity index (χ1) is 11.1. The number of nitrogens with one attached hydrogen (secondary N) is 2. The van der Waals surface area contributed by atoms with Gasteiger partial charge in [0.05, 0.1) is 0 Å². The summed E-state index contributed by atoms with van der Waals surface area (Å²) in [6, 6.07) is 6.39. The van der Waals surface area contributed by atoms with Gasteiger partial charge in [0.2, 0.25) is 0 Å². The minimum absolute atomic E-state index is 0.168. The van der Waals surface area contributed by atoms with Crippen molar-refractivity contribution in [3.05, 3.63) is 24.3 Å². The number of alkyl halides is 2. The number of piperidine rings is 1. The highest BCUT2D eigenvalue weighted by Gasteiger charge is 2.20. The molecular weight excluding hydrogens is 320 g/mol. The molecule has 0 spiro atoms. The van der Waals surface area contributed by atoms with Crippen LogP contribution in [0, 0.1) is 0 Å². The zero-order valence-electron chi connectivity index (χ0n) is 13.2. The number of thioether (sulfide) groups is 1. The first-order valence-electron chi connectivity index (χ1n) is 7.91. The lowest BCUT2D eigenvalue weighted by Gasteiger charge is -2.32. The van der Waals surface area contributed by atoms with Crippen molar-refractivity contribution >= 4 is 23.5 Å².